The normalized spacial score (nSPS) is 12.5. The SMILES string of the molecule is Fc1cc(C(Br)c2ccc(Cl)cc2Br)c(F)cc1Br. The molecule has 19 heavy (non-hydrogen) atoms. The fourth-order valence-corrected chi connectivity index (χ4v) is 3.89. The van der Waals surface area contributed by atoms with E-state index in [0.29, 0.717) is 5.02 Å². The van der Waals surface area contributed by atoms with Crippen LogP contribution in [0.5, 0.6) is 0 Å². The van der Waals surface area contributed by atoms with Gasteiger partial charge in [0.15, 0.2) is 0 Å². The monoisotopic (exact) mass is 472 g/mol. The Morgan fingerprint density at radius 3 is 2.21 bits per heavy atom. The Hall–Kier alpha value is 0.0300. The van der Waals surface area contributed by atoms with Gasteiger partial charge in [-0.2, -0.15) is 0 Å². The fraction of sp³-hybridized carbons (Fsp3) is 0.0769. The third-order valence-electron chi connectivity index (χ3n) is 2.55. The van der Waals surface area contributed by atoms with Gasteiger partial charge in [-0.1, -0.05) is 49.5 Å². The van der Waals surface area contributed by atoms with Crippen LogP contribution in [0.4, 0.5) is 8.78 Å². The van der Waals surface area contributed by atoms with Crippen LogP contribution >= 0.6 is 59.4 Å². The minimum absolute atomic E-state index is 0.101. The van der Waals surface area contributed by atoms with Gasteiger partial charge in [-0.15, -0.1) is 0 Å². The van der Waals surface area contributed by atoms with Crippen LogP contribution in [0, 0.1) is 11.6 Å². The van der Waals surface area contributed by atoms with Crippen LogP contribution < -0.4 is 0 Å². The van der Waals surface area contributed by atoms with E-state index < -0.39 is 16.5 Å². The topological polar surface area (TPSA) is 0 Å². The molecule has 0 aliphatic rings. The number of alkyl halides is 1. The molecule has 100 valence electrons. The lowest BCUT2D eigenvalue weighted by molar-refractivity contribution is 0.583. The quantitative estimate of drug-likeness (QED) is 0.338. The molecule has 0 radical (unpaired) electrons. The van der Waals surface area contributed by atoms with Crippen LogP contribution in [0.1, 0.15) is 16.0 Å². The van der Waals surface area contributed by atoms with E-state index in [1.807, 2.05) is 0 Å². The first-order valence-electron chi connectivity index (χ1n) is 5.13. The lowest BCUT2D eigenvalue weighted by Gasteiger charge is -2.14. The van der Waals surface area contributed by atoms with E-state index in [1.54, 1.807) is 18.2 Å². The minimum Gasteiger partial charge on any atom is -0.207 e. The Kier molecular flexibility index (Phi) is 5.04. The van der Waals surface area contributed by atoms with Crippen molar-refractivity contribution < 1.29 is 8.78 Å². The third kappa shape index (κ3) is 3.38. The standard InChI is InChI=1S/C13H6Br3ClF2/c14-9-3-6(17)1-2-7(9)13(16)8-4-12(19)10(15)5-11(8)18/h1-5,13H. The summed E-state index contributed by atoms with van der Waals surface area (Å²) in [6.45, 7) is 0. The highest BCUT2D eigenvalue weighted by Crippen LogP contribution is 2.38. The number of hydrogen-bond acceptors (Lipinski definition) is 0. The van der Waals surface area contributed by atoms with Crippen molar-refractivity contribution in [2.75, 3.05) is 0 Å². The largest absolute Gasteiger partial charge is 0.207 e. The molecule has 2 aromatic rings. The van der Waals surface area contributed by atoms with Gasteiger partial charge in [0.1, 0.15) is 11.6 Å². The summed E-state index contributed by atoms with van der Waals surface area (Å²) < 4.78 is 28.3. The first kappa shape index (κ1) is 15.4. The molecule has 0 fully saturated rings. The average Bonchev–Trinajstić information content (AvgIpc) is 2.33. The molecule has 2 rings (SSSR count). The summed E-state index contributed by atoms with van der Waals surface area (Å²) in [5, 5.41) is 0.567. The maximum atomic E-state index is 13.9. The summed E-state index contributed by atoms with van der Waals surface area (Å²) in [5.74, 6) is -0.997. The molecular formula is C13H6Br3ClF2. The predicted octanol–water partition coefficient (Wildman–Crippen LogP) is 6.63. The Bertz CT molecular complexity index is 632. The second-order valence-electron chi connectivity index (χ2n) is 3.82. The predicted molar refractivity (Wildman–Crippen MR) is 84.0 cm³/mol. The van der Waals surface area contributed by atoms with Gasteiger partial charge >= 0.3 is 0 Å². The molecule has 0 nitrogen and oxygen atoms in total. The fourth-order valence-electron chi connectivity index (χ4n) is 1.61. The van der Waals surface area contributed by atoms with Gasteiger partial charge in [-0.3, -0.25) is 0 Å². The van der Waals surface area contributed by atoms with Crippen molar-refractivity contribution in [2.24, 2.45) is 0 Å². The van der Waals surface area contributed by atoms with Gasteiger partial charge < -0.3 is 0 Å². The van der Waals surface area contributed by atoms with Gasteiger partial charge in [0.05, 0.1) is 9.30 Å². The maximum Gasteiger partial charge on any atom is 0.137 e. The van der Waals surface area contributed by atoms with Crippen LogP contribution in [0.3, 0.4) is 0 Å². The van der Waals surface area contributed by atoms with Crippen molar-refractivity contribution in [3.05, 3.63) is 67.1 Å². The number of benzene rings is 2. The van der Waals surface area contributed by atoms with Gasteiger partial charge in [0, 0.05) is 15.1 Å². The van der Waals surface area contributed by atoms with Crippen molar-refractivity contribution in [3.8, 4) is 0 Å². The molecule has 0 aromatic heterocycles. The van der Waals surface area contributed by atoms with Gasteiger partial charge in [0.25, 0.3) is 0 Å². The second kappa shape index (κ2) is 6.20. The zero-order valence-electron chi connectivity index (χ0n) is 9.23. The molecule has 1 atom stereocenters. The van der Waals surface area contributed by atoms with Crippen molar-refractivity contribution in [1.82, 2.24) is 0 Å². The van der Waals surface area contributed by atoms with Gasteiger partial charge in [0.2, 0.25) is 0 Å². The molecule has 0 saturated heterocycles. The molecular weight excluding hydrogens is 469 g/mol. The Morgan fingerprint density at radius 1 is 0.895 bits per heavy atom. The van der Waals surface area contributed by atoms with Crippen LogP contribution in [-0.4, -0.2) is 0 Å². The molecule has 0 aliphatic carbocycles. The maximum absolute atomic E-state index is 13.9. The lowest BCUT2D eigenvalue weighted by atomic mass is 10.0. The Balaban J connectivity index is 2.49. The molecule has 0 saturated carbocycles. The number of halogens is 6. The second-order valence-corrected chi connectivity index (χ2v) is 6.88. The molecule has 0 spiro atoms. The van der Waals surface area contributed by atoms with Crippen molar-refractivity contribution in [2.45, 2.75) is 4.83 Å². The summed E-state index contributed by atoms with van der Waals surface area (Å²) in [6, 6.07) is 7.44. The Morgan fingerprint density at radius 2 is 1.58 bits per heavy atom. The minimum atomic E-state index is -0.508. The number of rotatable bonds is 2. The highest BCUT2D eigenvalue weighted by Gasteiger charge is 2.19. The van der Waals surface area contributed by atoms with Crippen LogP contribution in [0.15, 0.2) is 39.3 Å². The van der Waals surface area contributed by atoms with E-state index in [9.17, 15) is 8.78 Å². The van der Waals surface area contributed by atoms with Gasteiger partial charge in [-0.25, -0.2) is 8.78 Å². The number of hydrogen-bond donors (Lipinski definition) is 0. The molecule has 0 N–H and O–H groups in total. The summed E-state index contributed by atoms with van der Waals surface area (Å²) in [5.41, 5.74) is 0.994. The average molecular weight is 475 g/mol. The molecule has 6 heteroatoms. The van der Waals surface area contributed by atoms with Crippen molar-refractivity contribution >= 4 is 59.4 Å². The summed E-state index contributed by atoms with van der Waals surface area (Å²) >= 11 is 15.6. The lowest BCUT2D eigenvalue weighted by Crippen LogP contribution is -1.99. The summed E-state index contributed by atoms with van der Waals surface area (Å²) in [7, 11) is 0. The highest BCUT2D eigenvalue weighted by atomic mass is 79.9. The molecule has 0 aliphatic heterocycles. The van der Waals surface area contributed by atoms with Crippen molar-refractivity contribution in [1.29, 1.82) is 0 Å². The van der Waals surface area contributed by atoms with E-state index in [1.165, 1.54) is 6.07 Å². The zero-order valence-corrected chi connectivity index (χ0v) is 14.7. The highest BCUT2D eigenvalue weighted by molar-refractivity contribution is 9.11. The molecule has 2 aromatic carbocycles. The van der Waals surface area contributed by atoms with Crippen LogP contribution in [0.2, 0.25) is 5.02 Å². The zero-order chi connectivity index (χ0) is 14.2. The van der Waals surface area contributed by atoms with Crippen molar-refractivity contribution in [3.63, 3.8) is 0 Å². The van der Waals surface area contributed by atoms with E-state index in [2.05, 4.69) is 47.8 Å². The van der Waals surface area contributed by atoms with Gasteiger partial charge in [-0.05, 0) is 45.8 Å². The van der Waals surface area contributed by atoms with E-state index >= 15 is 0 Å². The molecule has 0 amide bonds. The van der Waals surface area contributed by atoms with Crippen LogP contribution in [-0.2, 0) is 0 Å². The summed E-state index contributed by atoms with van der Waals surface area (Å²) in [4.78, 5) is -0.471. The first-order valence-corrected chi connectivity index (χ1v) is 8.01. The van der Waals surface area contributed by atoms with E-state index in [0.717, 1.165) is 16.1 Å². The molecule has 1 unspecified atom stereocenters. The smallest absolute Gasteiger partial charge is 0.137 e. The summed E-state index contributed by atoms with van der Waals surface area (Å²) in [6.07, 6.45) is 0. The van der Waals surface area contributed by atoms with E-state index in [-0.39, 0.29) is 10.0 Å². The third-order valence-corrected chi connectivity index (χ3v) is 5.06. The molecule has 0 heterocycles. The van der Waals surface area contributed by atoms with Crippen LogP contribution in [0.25, 0.3) is 0 Å². The van der Waals surface area contributed by atoms with E-state index in [4.69, 9.17) is 11.6 Å². The Labute approximate surface area is 139 Å². The molecule has 0 bridgehead atoms. The first-order chi connectivity index (χ1) is 8.90.